The van der Waals surface area contributed by atoms with E-state index in [4.69, 9.17) is 4.74 Å². The van der Waals surface area contributed by atoms with Gasteiger partial charge in [-0.2, -0.15) is 0 Å². The number of hydrogen-bond acceptors (Lipinski definition) is 5. The number of benzene rings is 1. The zero-order valence-electron chi connectivity index (χ0n) is 12.6. The van der Waals surface area contributed by atoms with Crippen LogP contribution in [0, 0.1) is 0 Å². The molecule has 2 aliphatic heterocycles. The highest BCUT2D eigenvalue weighted by Crippen LogP contribution is 2.28. The zero-order chi connectivity index (χ0) is 14.9. The molecule has 0 amide bonds. The van der Waals surface area contributed by atoms with Crippen LogP contribution in [-0.4, -0.2) is 66.4 Å². The fourth-order valence-corrected chi connectivity index (χ4v) is 4.69. The number of thiophene rings is 1. The van der Waals surface area contributed by atoms with Crippen LogP contribution in [0.1, 0.15) is 4.88 Å². The van der Waals surface area contributed by atoms with Crippen LogP contribution in [0.15, 0.2) is 30.3 Å². The minimum Gasteiger partial charge on any atom is -0.390 e. The summed E-state index contributed by atoms with van der Waals surface area (Å²) in [4.78, 5) is 6.16. The normalized spacial score (nSPS) is 27.7. The van der Waals surface area contributed by atoms with Crippen molar-refractivity contribution in [2.75, 3.05) is 39.4 Å². The van der Waals surface area contributed by atoms with E-state index in [0.29, 0.717) is 0 Å². The summed E-state index contributed by atoms with van der Waals surface area (Å²) in [6.45, 7) is 6.14. The fraction of sp³-hybridized carbons (Fsp3) is 0.529. The third kappa shape index (κ3) is 2.92. The van der Waals surface area contributed by atoms with Crippen molar-refractivity contribution in [3.63, 3.8) is 0 Å². The van der Waals surface area contributed by atoms with E-state index in [9.17, 15) is 5.11 Å². The van der Waals surface area contributed by atoms with Crippen molar-refractivity contribution < 1.29 is 9.84 Å². The summed E-state index contributed by atoms with van der Waals surface area (Å²) < 4.78 is 6.76. The summed E-state index contributed by atoms with van der Waals surface area (Å²) in [6.07, 6.45) is -0.243. The SMILES string of the molecule is O[C@H]1CN(Cc2cc3ccccc3s2)C[C@@H]1N1CCOCC1. The molecule has 2 aliphatic rings. The van der Waals surface area contributed by atoms with Gasteiger partial charge in [0.15, 0.2) is 0 Å². The van der Waals surface area contributed by atoms with Crippen LogP contribution in [0.25, 0.3) is 10.1 Å². The second kappa shape index (κ2) is 6.26. The molecule has 5 heteroatoms. The molecule has 0 aliphatic carbocycles. The minimum atomic E-state index is -0.243. The predicted octanol–water partition coefficient (Wildman–Crippen LogP) is 1.78. The Morgan fingerprint density at radius 3 is 2.82 bits per heavy atom. The van der Waals surface area contributed by atoms with Gasteiger partial charge in [0.05, 0.1) is 19.3 Å². The molecule has 0 spiro atoms. The lowest BCUT2D eigenvalue weighted by Crippen LogP contribution is -2.48. The Morgan fingerprint density at radius 2 is 2.00 bits per heavy atom. The van der Waals surface area contributed by atoms with Crippen molar-refractivity contribution >= 4 is 21.4 Å². The monoisotopic (exact) mass is 318 g/mol. The molecule has 4 rings (SSSR count). The molecule has 118 valence electrons. The van der Waals surface area contributed by atoms with Crippen molar-refractivity contribution in [1.82, 2.24) is 9.80 Å². The molecule has 1 aromatic heterocycles. The molecular formula is C17H22N2O2S. The average Bonchev–Trinajstić information content (AvgIpc) is 3.11. The highest BCUT2D eigenvalue weighted by molar-refractivity contribution is 7.19. The molecule has 0 bridgehead atoms. The molecule has 3 heterocycles. The van der Waals surface area contributed by atoms with E-state index in [1.807, 2.05) is 11.3 Å². The Hall–Kier alpha value is -0.980. The molecule has 0 saturated carbocycles. The van der Waals surface area contributed by atoms with Crippen molar-refractivity contribution in [1.29, 1.82) is 0 Å². The van der Waals surface area contributed by atoms with Gasteiger partial charge in [0.25, 0.3) is 0 Å². The first-order valence-corrected chi connectivity index (χ1v) is 8.81. The first kappa shape index (κ1) is 14.6. The number of ether oxygens (including phenoxy) is 1. The Kier molecular flexibility index (Phi) is 4.15. The van der Waals surface area contributed by atoms with Crippen molar-refractivity contribution in [2.45, 2.75) is 18.7 Å². The summed E-state index contributed by atoms with van der Waals surface area (Å²) in [5.41, 5.74) is 0. The summed E-state index contributed by atoms with van der Waals surface area (Å²) >= 11 is 1.87. The highest BCUT2D eigenvalue weighted by Gasteiger charge is 2.36. The van der Waals surface area contributed by atoms with Gasteiger partial charge in [0, 0.05) is 48.3 Å². The zero-order valence-corrected chi connectivity index (χ0v) is 13.5. The van der Waals surface area contributed by atoms with Crippen LogP contribution in [0.5, 0.6) is 0 Å². The van der Waals surface area contributed by atoms with Gasteiger partial charge in [0.2, 0.25) is 0 Å². The first-order chi connectivity index (χ1) is 10.8. The van der Waals surface area contributed by atoms with Crippen LogP contribution in [-0.2, 0) is 11.3 Å². The van der Waals surface area contributed by atoms with Gasteiger partial charge in [-0.05, 0) is 17.5 Å². The maximum atomic E-state index is 10.4. The Bertz CT molecular complexity index is 605. The Balaban J connectivity index is 1.43. The number of hydrogen-bond donors (Lipinski definition) is 1. The van der Waals surface area contributed by atoms with Crippen molar-refractivity contribution in [3.8, 4) is 0 Å². The number of β-amino-alcohol motifs (C(OH)–C–C–N with tert-alkyl or cyclic N) is 1. The summed E-state index contributed by atoms with van der Waals surface area (Å²) in [5, 5.41) is 11.7. The second-order valence-corrected chi connectivity index (χ2v) is 7.40. The van der Waals surface area contributed by atoms with Gasteiger partial charge < -0.3 is 9.84 Å². The molecule has 0 radical (unpaired) electrons. The van der Waals surface area contributed by atoms with Gasteiger partial charge in [-0.25, -0.2) is 0 Å². The number of fused-ring (bicyclic) bond motifs is 1. The van der Waals surface area contributed by atoms with E-state index in [-0.39, 0.29) is 12.1 Å². The lowest BCUT2D eigenvalue weighted by atomic mass is 10.2. The number of likely N-dealkylation sites (tertiary alicyclic amines) is 1. The largest absolute Gasteiger partial charge is 0.390 e. The molecular weight excluding hydrogens is 296 g/mol. The van der Waals surface area contributed by atoms with Crippen LogP contribution in [0.2, 0.25) is 0 Å². The number of rotatable bonds is 3. The quantitative estimate of drug-likeness (QED) is 0.936. The van der Waals surface area contributed by atoms with Crippen LogP contribution in [0.4, 0.5) is 0 Å². The van der Waals surface area contributed by atoms with Crippen molar-refractivity contribution in [2.24, 2.45) is 0 Å². The van der Waals surface area contributed by atoms with E-state index >= 15 is 0 Å². The fourth-order valence-electron chi connectivity index (χ4n) is 3.58. The van der Waals surface area contributed by atoms with Gasteiger partial charge in [-0.3, -0.25) is 9.80 Å². The molecule has 2 aromatic rings. The summed E-state index contributed by atoms with van der Waals surface area (Å²) in [7, 11) is 0. The van der Waals surface area contributed by atoms with Crippen LogP contribution >= 0.6 is 11.3 Å². The third-order valence-electron chi connectivity index (χ3n) is 4.71. The number of aliphatic hydroxyl groups is 1. The van der Waals surface area contributed by atoms with E-state index < -0.39 is 0 Å². The second-order valence-electron chi connectivity index (χ2n) is 6.23. The van der Waals surface area contributed by atoms with Crippen molar-refractivity contribution in [3.05, 3.63) is 35.2 Å². The molecule has 1 aromatic carbocycles. The topological polar surface area (TPSA) is 35.9 Å². The number of morpholine rings is 1. The predicted molar refractivity (Wildman–Crippen MR) is 89.3 cm³/mol. The smallest absolute Gasteiger partial charge is 0.0834 e. The van der Waals surface area contributed by atoms with E-state index in [1.54, 1.807) is 0 Å². The molecule has 2 atom stereocenters. The highest BCUT2D eigenvalue weighted by atomic mass is 32.1. The Labute approximate surface area is 134 Å². The molecule has 2 saturated heterocycles. The molecule has 1 N–H and O–H groups in total. The molecule has 4 nitrogen and oxygen atoms in total. The van der Waals surface area contributed by atoms with Gasteiger partial charge in [-0.1, -0.05) is 18.2 Å². The van der Waals surface area contributed by atoms with Gasteiger partial charge >= 0.3 is 0 Å². The van der Waals surface area contributed by atoms with E-state index in [0.717, 1.165) is 45.9 Å². The van der Waals surface area contributed by atoms with E-state index in [1.165, 1.54) is 15.0 Å². The third-order valence-corrected chi connectivity index (χ3v) is 5.81. The van der Waals surface area contributed by atoms with Gasteiger partial charge in [-0.15, -0.1) is 11.3 Å². The van der Waals surface area contributed by atoms with Gasteiger partial charge in [0.1, 0.15) is 0 Å². The average molecular weight is 318 g/mol. The summed E-state index contributed by atoms with van der Waals surface area (Å²) in [5.74, 6) is 0. The maximum absolute atomic E-state index is 10.4. The number of aliphatic hydroxyl groups excluding tert-OH is 1. The minimum absolute atomic E-state index is 0.243. The van der Waals surface area contributed by atoms with Crippen LogP contribution in [0.3, 0.4) is 0 Å². The lowest BCUT2D eigenvalue weighted by Gasteiger charge is -2.33. The first-order valence-electron chi connectivity index (χ1n) is 7.99. The maximum Gasteiger partial charge on any atom is 0.0834 e. The lowest BCUT2D eigenvalue weighted by molar-refractivity contribution is -0.00617. The summed E-state index contributed by atoms with van der Waals surface area (Å²) in [6, 6.07) is 11.1. The Morgan fingerprint density at radius 1 is 1.18 bits per heavy atom. The van der Waals surface area contributed by atoms with Crippen LogP contribution < -0.4 is 0 Å². The van der Waals surface area contributed by atoms with E-state index in [2.05, 4.69) is 40.1 Å². The molecule has 2 fully saturated rings. The molecule has 0 unspecified atom stereocenters. The molecule has 22 heavy (non-hydrogen) atoms. The standard InChI is InChI=1S/C17H22N2O2S/c20-16-12-18(11-15(16)19-5-7-21-8-6-19)10-14-9-13-3-1-2-4-17(13)22-14/h1-4,9,15-16,20H,5-8,10-12H2/t15-,16-/m0/s1. The number of nitrogens with zero attached hydrogens (tertiary/aromatic N) is 2.